The van der Waals surface area contributed by atoms with Crippen molar-refractivity contribution in [2.75, 3.05) is 25.1 Å². The molecule has 1 rings (SSSR count). The molecule has 1 aromatic rings. The summed E-state index contributed by atoms with van der Waals surface area (Å²) in [5.74, 6) is 1.58. The summed E-state index contributed by atoms with van der Waals surface area (Å²) in [4.78, 5) is 8.31. The fourth-order valence-electron chi connectivity index (χ4n) is 1.36. The van der Waals surface area contributed by atoms with Crippen molar-refractivity contribution in [2.24, 2.45) is 5.92 Å². The van der Waals surface area contributed by atoms with Crippen molar-refractivity contribution in [3.8, 4) is 0 Å². The van der Waals surface area contributed by atoms with Crippen LogP contribution in [0.2, 0.25) is 0 Å². The number of aromatic nitrogens is 2. The van der Waals surface area contributed by atoms with Gasteiger partial charge in [-0.2, -0.15) is 0 Å². The van der Waals surface area contributed by atoms with Gasteiger partial charge in [-0.25, -0.2) is 9.97 Å². The minimum Gasteiger partial charge on any atom is -0.380 e. The monoisotopic (exact) mass is 237 g/mol. The molecule has 0 bridgehead atoms. The third kappa shape index (κ3) is 6.22. The van der Waals surface area contributed by atoms with Crippen LogP contribution < -0.4 is 5.32 Å². The standard InChI is InChI=1S/C13H23N3O/c1-4-12-9-13(16-10-15-12)14-6-8-17-7-5-11(2)3/h9-11H,4-8H2,1-3H3,(H,14,15,16). The van der Waals surface area contributed by atoms with E-state index in [1.807, 2.05) is 6.07 Å². The highest BCUT2D eigenvalue weighted by molar-refractivity contribution is 5.34. The third-order valence-electron chi connectivity index (χ3n) is 2.48. The molecular formula is C13H23N3O. The summed E-state index contributed by atoms with van der Waals surface area (Å²) >= 11 is 0. The molecule has 4 nitrogen and oxygen atoms in total. The van der Waals surface area contributed by atoms with E-state index in [0.717, 1.165) is 44.1 Å². The Kier molecular flexibility index (Phi) is 6.55. The quantitative estimate of drug-likeness (QED) is 0.706. The van der Waals surface area contributed by atoms with Crippen LogP contribution in [0.25, 0.3) is 0 Å². The molecule has 0 aliphatic rings. The molecule has 96 valence electrons. The number of hydrogen-bond acceptors (Lipinski definition) is 4. The SMILES string of the molecule is CCc1cc(NCCOCCC(C)C)ncn1. The van der Waals surface area contributed by atoms with Crippen LogP contribution in [-0.2, 0) is 11.2 Å². The molecule has 0 radical (unpaired) electrons. The maximum Gasteiger partial charge on any atom is 0.129 e. The van der Waals surface area contributed by atoms with Gasteiger partial charge in [0.05, 0.1) is 6.61 Å². The number of rotatable bonds is 8. The Labute approximate surface area is 104 Å². The Morgan fingerprint density at radius 2 is 2.12 bits per heavy atom. The zero-order chi connectivity index (χ0) is 12.5. The lowest BCUT2D eigenvalue weighted by Gasteiger charge is -2.08. The fourth-order valence-corrected chi connectivity index (χ4v) is 1.36. The Morgan fingerprint density at radius 3 is 2.82 bits per heavy atom. The van der Waals surface area contributed by atoms with E-state index in [2.05, 4.69) is 36.1 Å². The Bertz CT molecular complexity index is 315. The van der Waals surface area contributed by atoms with Crippen molar-refractivity contribution >= 4 is 5.82 Å². The second kappa shape index (κ2) is 8.01. The predicted octanol–water partition coefficient (Wildman–Crippen LogP) is 2.51. The van der Waals surface area contributed by atoms with Crippen LogP contribution in [0.1, 0.15) is 32.9 Å². The largest absolute Gasteiger partial charge is 0.380 e. The van der Waals surface area contributed by atoms with Gasteiger partial charge in [0.25, 0.3) is 0 Å². The number of nitrogens with zero attached hydrogens (tertiary/aromatic N) is 2. The first-order chi connectivity index (χ1) is 8.22. The van der Waals surface area contributed by atoms with Crippen molar-refractivity contribution in [3.05, 3.63) is 18.1 Å². The summed E-state index contributed by atoms with van der Waals surface area (Å²) in [6.45, 7) is 8.84. The maximum absolute atomic E-state index is 5.52. The van der Waals surface area contributed by atoms with Gasteiger partial charge < -0.3 is 10.1 Å². The minimum atomic E-state index is 0.705. The van der Waals surface area contributed by atoms with Gasteiger partial charge >= 0.3 is 0 Å². The minimum absolute atomic E-state index is 0.705. The van der Waals surface area contributed by atoms with Gasteiger partial charge in [-0.3, -0.25) is 0 Å². The first-order valence-corrected chi connectivity index (χ1v) is 6.35. The van der Waals surface area contributed by atoms with E-state index in [-0.39, 0.29) is 0 Å². The topological polar surface area (TPSA) is 47.0 Å². The smallest absolute Gasteiger partial charge is 0.129 e. The summed E-state index contributed by atoms with van der Waals surface area (Å²) in [7, 11) is 0. The first kappa shape index (κ1) is 13.9. The lowest BCUT2D eigenvalue weighted by molar-refractivity contribution is 0.132. The van der Waals surface area contributed by atoms with Gasteiger partial charge in [0.1, 0.15) is 12.1 Å². The highest BCUT2D eigenvalue weighted by Crippen LogP contribution is 2.04. The molecule has 1 aromatic heterocycles. The second-order valence-electron chi connectivity index (χ2n) is 4.47. The fraction of sp³-hybridized carbons (Fsp3) is 0.692. The molecule has 1 heterocycles. The van der Waals surface area contributed by atoms with Crippen molar-refractivity contribution in [1.82, 2.24) is 9.97 Å². The average Bonchev–Trinajstić information content (AvgIpc) is 2.33. The predicted molar refractivity (Wildman–Crippen MR) is 70.2 cm³/mol. The Morgan fingerprint density at radius 1 is 1.29 bits per heavy atom. The van der Waals surface area contributed by atoms with E-state index in [9.17, 15) is 0 Å². The Balaban J connectivity index is 2.13. The molecule has 0 amide bonds. The number of ether oxygens (including phenoxy) is 1. The zero-order valence-corrected chi connectivity index (χ0v) is 11.1. The molecule has 0 unspecified atom stereocenters. The van der Waals surface area contributed by atoms with E-state index in [1.54, 1.807) is 6.33 Å². The molecule has 17 heavy (non-hydrogen) atoms. The van der Waals surface area contributed by atoms with Crippen molar-refractivity contribution in [1.29, 1.82) is 0 Å². The van der Waals surface area contributed by atoms with E-state index in [1.165, 1.54) is 0 Å². The zero-order valence-electron chi connectivity index (χ0n) is 11.1. The van der Waals surface area contributed by atoms with Gasteiger partial charge in [-0.1, -0.05) is 20.8 Å². The highest BCUT2D eigenvalue weighted by Gasteiger charge is 1.97. The molecule has 4 heteroatoms. The van der Waals surface area contributed by atoms with Gasteiger partial charge in [0.15, 0.2) is 0 Å². The van der Waals surface area contributed by atoms with Crippen LogP contribution in [0.3, 0.4) is 0 Å². The van der Waals surface area contributed by atoms with Gasteiger partial charge in [-0.05, 0) is 18.8 Å². The summed E-state index contributed by atoms with van der Waals surface area (Å²) < 4.78 is 5.52. The van der Waals surface area contributed by atoms with Crippen LogP contribution in [0.4, 0.5) is 5.82 Å². The lowest BCUT2D eigenvalue weighted by atomic mass is 10.1. The van der Waals surface area contributed by atoms with Gasteiger partial charge in [0, 0.05) is 24.9 Å². The molecule has 0 saturated heterocycles. The van der Waals surface area contributed by atoms with Gasteiger partial charge in [-0.15, -0.1) is 0 Å². The summed E-state index contributed by atoms with van der Waals surface area (Å²) in [5, 5.41) is 3.23. The van der Waals surface area contributed by atoms with Crippen LogP contribution in [0.15, 0.2) is 12.4 Å². The van der Waals surface area contributed by atoms with Gasteiger partial charge in [0.2, 0.25) is 0 Å². The maximum atomic E-state index is 5.52. The summed E-state index contributed by atoms with van der Waals surface area (Å²) in [5.41, 5.74) is 1.06. The summed E-state index contributed by atoms with van der Waals surface area (Å²) in [6.07, 6.45) is 3.65. The lowest BCUT2D eigenvalue weighted by Crippen LogP contribution is -2.12. The first-order valence-electron chi connectivity index (χ1n) is 6.35. The molecule has 0 fully saturated rings. The van der Waals surface area contributed by atoms with Crippen LogP contribution >= 0.6 is 0 Å². The van der Waals surface area contributed by atoms with E-state index in [4.69, 9.17) is 4.74 Å². The van der Waals surface area contributed by atoms with Crippen molar-refractivity contribution in [2.45, 2.75) is 33.6 Å². The molecule has 1 N–H and O–H groups in total. The van der Waals surface area contributed by atoms with Crippen LogP contribution in [0.5, 0.6) is 0 Å². The number of hydrogen-bond donors (Lipinski definition) is 1. The average molecular weight is 237 g/mol. The Hall–Kier alpha value is -1.16. The molecule has 0 aliphatic heterocycles. The van der Waals surface area contributed by atoms with Crippen molar-refractivity contribution in [3.63, 3.8) is 0 Å². The van der Waals surface area contributed by atoms with Crippen molar-refractivity contribution < 1.29 is 4.74 Å². The highest BCUT2D eigenvalue weighted by atomic mass is 16.5. The molecule has 0 spiro atoms. The molecular weight excluding hydrogens is 214 g/mol. The molecule has 0 saturated carbocycles. The third-order valence-corrected chi connectivity index (χ3v) is 2.48. The summed E-state index contributed by atoms with van der Waals surface area (Å²) in [6, 6.07) is 1.98. The number of aryl methyl sites for hydroxylation is 1. The number of anilines is 1. The van der Waals surface area contributed by atoms with E-state index in [0.29, 0.717) is 5.92 Å². The normalized spacial score (nSPS) is 10.8. The second-order valence-corrected chi connectivity index (χ2v) is 4.47. The van der Waals surface area contributed by atoms with Crippen LogP contribution in [0, 0.1) is 5.92 Å². The number of nitrogens with one attached hydrogen (secondary N) is 1. The van der Waals surface area contributed by atoms with Crippen LogP contribution in [-0.4, -0.2) is 29.7 Å². The molecule has 0 atom stereocenters. The molecule has 0 aliphatic carbocycles. The molecule has 0 aromatic carbocycles. The van der Waals surface area contributed by atoms with E-state index >= 15 is 0 Å². The van der Waals surface area contributed by atoms with E-state index < -0.39 is 0 Å².